The Balaban J connectivity index is 1.76. The Hall–Kier alpha value is -3.55. The fraction of sp³-hybridized carbons (Fsp3) is 0.167. The van der Waals surface area contributed by atoms with Gasteiger partial charge >= 0.3 is 5.97 Å². The van der Waals surface area contributed by atoms with Crippen molar-refractivity contribution in [2.45, 2.75) is 6.61 Å². The second-order valence-electron chi connectivity index (χ2n) is 5.17. The summed E-state index contributed by atoms with van der Waals surface area (Å²) >= 11 is 0. The van der Waals surface area contributed by atoms with E-state index in [-0.39, 0.29) is 23.8 Å². The van der Waals surface area contributed by atoms with Gasteiger partial charge in [0.25, 0.3) is 5.89 Å². The summed E-state index contributed by atoms with van der Waals surface area (Å²) in [4.78, 5) is 15.4. The number of rotatable bonds is 7. The highest BCUT2D eigenvalue weighted by atomic mass is 16.5. The molecule has 0 saturated heterocycles. The van der Waals surface area contributed by atoms with Crippen LogP contribution in [-0.2, 0) is 6.61 Å². The Morgan fingerprint density at radius 1 is 1.08 bits per heavy atom. The molecule has 1 heterocycles. The number of aromatic carboxylic acids is 1. The molecule has 0 atom stereocenters. The van der Waals surface area contributed by atoms with Crippen LogP contribution in [0.4, 0.5) is 0 Å². The molecule has 3 rings (SSSR count). The number of hydrogen-bond donors (Lipinski definition) is 1. The lowest BCUT2D eigenvalue weighted by molar-refractivity contribution is 0.0691. The van der Waals surface area contributed by atoms with Gasteiger partial charge in [-0.05, 0) is 30.3 Å². The van der Waals surface area contributed by atoms with E-state index in [1.165, 1.54) is 13.2 Å². The Morgan fingerprint density at radius 3 is 2.58 bits per heavy atom. The first-order chi connectivity index (χ1) is 12.6. The van der Waals surface area contributed by atoms with E-state index >= 15 is 0 Å². The molecule has 0 aliphatic carbocycles. The highest BCUT2D eigenvalue weighted by Crippen LogP contribution is 2.31. The van der Waals surface area contributed by atoms with Crippen LogP contribution in [-0.4, -0.2) is 35.4 Å². The second-order valence-corrected chi connectivity index (χ2v) is 5.17. The van der Waals surface area contributed by atoms with Gasteiger partial charge in [0, 0.05) is 5.56 Å². The van der Waals surface area contributed by atoms with Gasteiger partial charge in [-0.25, -0.2) is 4.79 Å². The highest BCUT2D eigenvalue weighted by Gasteiger charge is 2.14. The van der Waals surface area contributed by atoms with Crippen LogP contribution in [0.2, 0.25) is 0 Å². The Labute approximate surface area is 148 Å². The number of methoxy groups -OCH3 is 2. The number of benzene rings is 2. The van der Waals surface area contributed by atoms with E-state index in [0.29, 0.717) is 22.9 Å². The van der Waals surface area contributed by atoms with Gasteiger partial charge < -0.3 is 23.8 Å². The molecule has 1 aromatic heterocycles. The maximum Gasteiger partial charge on any atom is 0.339 e. The molecule has 0 fully saturated rings. The van der Waals surface area contributed by atoms with Crippen molar-refractivity contribution in [3.05, 3.63) is 53.9 Å². The first kappa shape index (κ1) is 17.3. The summed E-state index contributed by atoms with van der Waals surface area (Å²) in [5.74, 6) is 0.866. The average Bonchev–Trinajstić information content (AvgIpc) is 3.15. The molecule has 2 aromatic carbocycles. The van der Waals surface area contributed by atoms with Gasteiger partial charge in [-0.15, -0.1) is 0 Å². The minimum atomic E-state index is -1.07. The summed E-state index contributed by atoms with van der Waals surface area (Å²) in [5.41, 5.74) is 0.746. The van der Waals surface area contributed by atoms with Gasteiger partial charge in [0.05, 0.1) is 14.2 Å². The van der Waals surface area contributed by atoms with Crippen LogP contribution in [0, 0.1) is 0 Å². The number of nitrogens with zero attached hydrogens (tertiary/aromatic N) is 2. The highest BCUT2D eigenvalue weighted by molar-refractivity contribution is 5.90. The summed E-state index contributed by atoms with van der Waals surface area (Å²) in [6, 6.07) is 11.6. The molecule has 8 heteroatoms. The standard InChI is InChI=1S/C18H16N2O6/c1-23-14-8-7-11(9-15(14)24-2)17-19-16(26-20-17)10-25-13-6-4-3-5-12(13)18(21)22/h3-9H,10H2,1-2H3,(H,21,22). The summed E-state index contributed by atoms with van der Waals surface area (Å²) in [5, 5.41) is 13.1. The maximum absolute atomic E-state index is 11.2. The Morgan fingerprint density at radius 2 is 1.85 bits per heavy atom. The molecule has 134 valence electrons. The topological polar surface area (TPSA) is 104 Å². The van der Waals surface area contributed by atoms with E-state index in [1.807, 2.05) is 0 Å². The lowest BCUT2D eigenvalue weighted by Crippen LogP contribution is -2.03. The molecule has 0 bridgehead atoms. The molecule has 0 unspecified atom stereocenters. The Bertz CT molecular complexity index is 922. The van der Waals surface area contributed by atoms with E-state index in [0.717, 1.165) is 0 Å². The number of aromatic nitrogens is 2. The molecule has 0 radical (unpaired) electrons. The average molecular weight is 356 g/mol. The molecular formula is C18H16N2O6. The van der Waals surface area contributed by atoms with Crippen molar-refractivity contribution >= 4 is 5.97 Å². The zero-order valence-corrected chi connectivity index (χ0v) is 14.1. The third-order valence-corrected chi connectivity index (χ3v) is 3.58. The summed E-state index contributed by atoms with van der Waals surface area (Å²) < 4.78 is 21.1. The number of hydrogen-bond acceptors (Lipinski definition) is 7. The second kappa shape index (κ2) is 7.56. The summed E-state index contributed by atoms with van der Waals surface area (Å²) in [6.07, 6.45) is 0. The van der Waals surface area contributed by atoms with Crippen LogP contribution in [0.25, 0.3) is 11.4 Å². The predicted molar refractivity (Wildman–Crippen MR) is 90.6 cm³/mol. The fourth-order valence-electron chi connectivity index (χ4n) is 2.31. The molecular weight excluding hydrogens is 340 g/mol. The van der Waals surface area contributed by atoms with Gasteiger partial charge in [-0.2, -0.15) is 4.98 Å². The number of para-hydroxylation sites is 1. The van der Waals surface area contributed by atoms with Crippen LogP contribution >= 0.6 is 0 Å². The third kappa shape index (κ3) is 3.59. The van der Waals surface area contributed by atoms with Crippen molar-refractivity contribution in [2.24, 2.45) is 0 Å². The van der Waals surface area contributed by atoms with Crippen molar-refractivity contribution in [1.82, 2.24) is 10.1 Å². The summed E-state index contributed by atoms with van der Waals surface area (Å²) in [6.45, 7) is -0.0510. The van der Waals surface area contributed by atoms with E-state index in [4.69, 9.17) is 23.8 Å². The van der Waals surface area contributed by atoms with E-state index in [9.17, 15) is 4.79 Å². The molecule has 1 N–H and O–H groups in total. The molecule has 0 saturated carbocycles. The normalized spacial score (nSPS) is 10.4. The first-order valence-corrected chi connectivity index (χ1v) is 7.62. The van der Waals surface area contributed by atoms with Crippen LogP contribution in [0.3, 0.4) is 0 Å². The minimum Gasteiger partial charge on any atom is -0.493 e. The number of ether oxygens (including phenoxy) is 3. The Kier molecular flexibility index (Phi) is 5.02. The molecule has 0 aliphatic heterocycles. The number of carboxylic acid groups (broad SMARTS) is 1. The van der Waals surface area contributed by atoms with Crippen molar-refractivity contribution in [2.75, 3.05) is 14.2 Å². The lowest BCUT2D eigenvalue weighted by Gasteiger charge is -2.07. The number of carboxylic acids is 1. The molecule has 8 nitrogen and oxygen atoms in total. The molecule has 0 spiro atoms. The van der Waals surface area contributed by atoms with Crippen molar-refractivity contribution in [3.8, 4) is 28.6 Å². The monoisotopic (exact) mass is 356 g/mol. The van der Waals surface area contributed by atoms with Gasteiger partial charge in [0.15, 0.2) is 18.1 Å². The molecule has 0 aliphatic rings. The van der Waals surface area contributed by atoms with Gasteiger partial charge in [-0.3, -0.25) is 0 Å². The largest absolute Gasteiger partial charge is 0.493 e. The smallest absolute Gasteiger partial charge is 0.339 e. The quantitative estimate of drug-likeness (QED) is 0.689. The van der Waals surface area contributed by atoms with Crippen molar-refractivity contribution in [3.63, 3.8) is 0 Å². The maximum atomic E-state index is 11.2. The zero-order valence-electron chi connectivity index (χ0n) is 14.1. The molecule has 0 amide bonds. The third-order valence-electron chi connectivity index (χ3n) is 3.58. The van der Waals surface area contributed by atoms with Crippen LogP contribution in [0.5, 0.6) is 17.2 Å². The SMILES string of the molecule is COc1ccc(-c2noc(COc3ccccc3C(=O)O)n2)cc1OC. The van der Waals surface area contributed by atoms with Gasteiger partial charge in [0.2, 0.25) is 5.82 Å². The van der Waals surface area contributed by atoms with Gasteiger partial charge in [-0.1, -0.05) is 17.3 Å². The lowest BCUT2D eigenvalue weighted by atomic mass is 10.2. The zero-order chi connectivity index (χ0) is 18.5. The fourth-order valence-corrected chi connectivity index (χ4v) is 2.31. The van der Waals surface area contributed by atoms with E-state index < -0.39 is 5.97 Å². The van der Waals surface area contributed by atoms with Crippen molar-refractivity contribution < 1.29 is 28.6 Å². The van der Waals surface area contributed by atoms with Crippen molar-refractivity contribution in [1.29, 1.82) is 0 Å². The summed E-state index contributed by atoms with van der Waals surface area (Å²) in [7, 11) is 3.09. The van der Waals surface area contributed by atoms with Crippen LogP contribution in [0.15, 0.2) is 47.0 Å². The van der Waals surface area contributed by atoms with Gasteiger partial charge in [0.1, 0.15) is 11.3 Å². The predicted octanol–water partition coefficient (Wildman–Crippen LogP) is 3.03. The van der Waals surface area contributed by atoms with Crippen LogP contribution in [0.1, 0.15) is 16.2 Å². The van der Waals surface area contributed by atoms with E-state index in [2.05, 4.69) is 10.1 Å². The van der Waals surface area contributed by atoms with E-state index in [1.54, 1.807) is 43.5 Å². The van der Waals surface area contributed by atoms with Crippen LogP contribution < -0.4 is 14.2 Å². The first-order valence-electron chi connectivity index (χ1n) is 7.62. The molecule has 26 heavy (non-hydrogen) atoms. The number of carbonyl (C=O) groups is 1. The molecule has 3 aromatic rings. The minimum absolute atomic E-state index is 0.0510.